The van der Waals surface area contributed by atoms with Crippen molar-refractivity contribution < 1.29 is 16.8 Å². The number of sulfone groups is 1. The van der Waals surface area contributed by atoms with Crippen LogP contribution in [-0.4, -0.2) is 40.1 Å². The van der Waals surface area contributed by atoms with Gasteiger partial charge in [-0.1, -0.05) is 0 Å². The minimum atomic E-state index is -3.27. The van der Waals surface area contributed by atoms with E-state index in [1.807, 2.05) is 0 Å². The van der Waals surface area contributed by atoms with E-state index >= 15 is 0 Å². The Morgan fingerprint density at radius 3 is 2.40 bits per heavy atom. The molecule has 1 heterocycles. The van der Waals surface area contributed by atoms with E-state index < -0.39 is 25.1 Å². The van der Waals surface area contributed by atoms with E-state index in [9.17, 15) is 16.8 Å². The SMILES string of the molecule is CC(C)S(=O)(=O)NCC1CCS(=O)(=O)C1. The quantitative estimate of drug-likeness (QED) is 0.751. The molecule has 0 amide bonds. The summed E-state index contributed by atoms with van der Waals surface area (Å²) >= 11 is 0. The van der Waals surface area contributed by atoms with E-state index in [0.717, 1.165) is 0 Å². The number of rotatable bonds is 4. The molecule has 5 nitrogen and oxygen atoms in total. The van der Waals surface area contributed by atoms with Gasteiger partial charge in [0.2, 0.25) is 10.0 Å². The van der Waals surface area contributed by atoms with Crippen LogP contribution in [0.1, 0.15) is 20.3 Å². The van der Waals surface area contributed by atoms with Crippen LogP contribution < -0.4 is 4.72 Å². The van der Waals surface area contributed by atoms with E-state index in [2.05, 4.69) is 4.72 Å². The lowest BCUT2D eigenvalue weighted by Gasteiger charge is -2.12. The molecular weight excluding hydrogens is 238 g/mol. The van der Waals surface area contributed by atoms with Crippen LogP contribution in [0.25, 0.3) is 0 Å². The smallest absolute Gasteiger partial charge is 0.213 e. The molecule has 1 aliphatic rings. The van der Waals surface area contributed by atoms with Crippen molar-refractivity contribution in [2.75, 3.05) is 18.1 Å². The lowest BCUT2D eigenvalue weighted by molar-refractivity contribution is 0.537. The summed E-state index contributed by atoms with van der Waals surface area (Å²) in [7, 11) is -6.19. The predicted molar refractivity (Wildman–Crippen MR) is 58.8 cm³/mol. The minimum absolute atomic E-state index is 0.0662. The fourth-order valence-corrected chi connectivity index (χ4v) is 4.10. The third-order valence-corrected chi connectivity index (χ3v) is 6.17. The van der Waals surface area contributed by atoms with Crippen molar-refractivity contribution in [2.24, 2.45) is 5.92 Å². The Balaban J connectivity index is 2.47. The van der Waals surface area contributed by atoms with Crippen molar-refractivity contribution in [3.05, 3.63) is 0 Å². The highest BCUT2D eigenvalue weighted by molar-refractivity contribution is 7.91. The van der Waals surface area contributed by atoms with E-state index in [-0.39, 0.29) is 24.0 Å². The Morgan fingerprint density at radius 1 is 1.40 bits per heavy atom. The van der Waals surface area contributed by atoms with Gasteiger partial charge in [-0.15, -0.1) is 0 Å². The summed E-state index contributed by atoms with van der Waals surface area (Å²) in [6.45, 7) is 3.42. The zero-order valence-electron chi connectivity index (χ0n) is 8.93. The monoisotopic (exact) mass is 255 g/mol. The van der Waals surface area contributed by atoms with Crippen molar-refractivity contribution in [3.63, 3.8) is 0 Å². The molecule has 0 radical (unpaired) electrons. The van der Waals surface area contributed by atoms with Gasteiger partial charge in [-0.05, 0) is 26.2 Å². The molecule has 1 N–H and O–H groups in total. The molecular formula is C8H17NO4S2. The van der Waals surface area contributed by atoms with E-state index in [1.165, 1.54) is 0 Å². The Kier molecular flexibility index (Phi) is 3.78. The number of sulfonamides is 1. The summed E-state index contributed by atoms with van der Waals surface area (Å²) in [5.74, 6) is 0.220. The van der Waals surface area contributed by atoms with Gasteiger partial charge in [-0.25, -0.2) is 21.6 Å². The Hall–Kier alpha value is -0.140. The first-order valence-electron chi connectivity index (χ1n) is 4.92. The van der Waals surface area contributed by atoms with Gasteiger partial charge in [0.15, 0.2) is 9.84 Å². The van der Waals surface area contributed by atoms with Crippen molar-refractivity contribution >= 4 is 19.9 Å². The van der Waals surface area contributed by atoms with E-state index in [0.29, 0.717) is 6.42 Å². The van der Waals surface area contributed by atoms with E-state index in [1.54, 1.807) is 13.8 Å². The molecule has 1 unspecified atom stereocenters. The molecule has 1 fully saturated rings. The highest BCUT2D eigenvalue weighted by Gasteiger charge is 2.29. The number of hydrogen-bond donors (Lipinski definition) is 1. The molecule has 7 heteroatoms. The van der Waals surface area contributed by atoms with Crippen LogP contribution in [0.5, 0.6) is 0 Å². The van der Waals surface area contributed by atoms with Crippen molar-refractivity contribution in [2.45, 2.75) is 25.5 Å². The largest absolute Gasteiger partial charge is 0.229 e. The predicted octanol–water partition coefficient (Wildman–Crippen LogP) is -0.251. The maximum Gasteiger partial charge on any atom is 0.213 e. The fourth-order valence-electron chi connectivity index (χ4n) is 1.43. The highest BCUT2D eigenvalue weighted by Crippen LogP contribution is 2.17. The van der Waals surface area contributed by atoms with Gasteiger partial charge >= 0.3 is 0 Å². The molecule has 0 aromatic carbocycles. The Labute approximate surface area is 91.2 Å². The average Bonchev–Trinajstić information content (AvgIpc) is 2.42. The highest BCUT2D eigenvalue weighted by atomic mass is 32.2. The maximum atomic E-state index is 11.4. The van der Waals surface area contributed by atoms with Crippen LogP contribution in [0.4, 0.5) is 0 Å². The number of nitrogens with one attached hydrogen (secondary N) is 1. The molecule has 0 spiro atoms. The second kappa shape index (κ2) is 4.39. The van der Waals surface area contributed by atoms with Crippen molar-refractivity contribution in [1.82, 2.24) is 4.72 Å². The molecule has 1 rings (SSSR count). The fraction of sp³-hybridized carbons (Fsp3) is 1.00. The third-order valence-electron chi connectivity index (χ3n) is 2.52. The molecule has 1 saturated heterocycles. The zero-order chi connectivity index (χ0) is 11.7. The summed E-state index contributed by atoms with van der Waals surface area (Å²) in [6.07, 6.45) is 0.558. The second-order valence-corrected chi connectivity index (χ2v) is 8.76. The van der Waals surface area contributed by atoms with Crippen LogP contribution in [0.3, 0.4) is 0 Å². The molecule has 0 aromatic rings. The first-order valence-corrected chi connectivity index (χ1v) is 8.28. The van der Waals surface area contributed by atoms with Crippen LogP contribution in [0.2, 0.25) is 0 Å². The summed E-state index contributed by atoms with van der Waals surface area (Å²) < 4.78 is 47.5. The van der Waals surface area contributed by atoms with Crippen LogP contribution >= 0.6 is 0 Å². The molecule has 1 atom stereocenters. The maximum absolute atomic E-state index is 11.4. The van der Waals surface area contributed by atoms with Gasteiger partial charge in [0.05, 0.1) is 16.8 Å². The molecule has 0 aromatic heterocycles. The van der Waals surface area contributed by atoms with Crippen molar-refractivity contribution in [3.8, 4) is 0 Å². The van der Waals surface area contributed by atoms with E-state index in [4.69, 9.17) is 0 Å². The standard InChI is InChI=1S/C8H17NO4S2/c1-7(2)15(12,13)9-5-8-3-4-14(10,11)6-8/h7-9H,3-6H2,1-2H3. The van der Waals surface area contributed by atoms with Gasteiger partial charge in [0.25, 0.3) is 0 Å². The summed E-state index contributed by atoms with van der Waals surface area (Å²) in [5, 5.41) is -0.476. The molecule has 90 valence electrons. The first kappa shape index (κ1) is 12.9. The van der Waals surface area contributed by atoms with Gasteiger partial charge in [-0.2, -0.15) is 0 Å². The Morgan fingerprint density at radius 2 is 2.00 bits per heavy atom. The molecule has 0 saturated carbocycles. The normalized spacial score (nSPS) is 25.9. The lowest BCUT2D eigenvalue weighted by Crippen LogP contribution is -2.34. The van der Waals surface area contributed by atoms with Gasteiger partial charge in [0.1, 0.15) is 0 Å². The first-order chi connectivity index (χ1) is 6.73. The molecule has 15 heavy (non-hydrogen) atoms. The second-order valence-electron chi connectivity index (χ2n) is 4.21. The van der Waals surface area contributed by atoms with Crippen LogP contribution in [0.15, 0.2) is 0 Å². The number of hydrogen-bond acceptors (Lipinski definition) is 4. The molecule has 0 bridgehead atoms. The Bertz CT molecular complexity index is 410. The van der Waals surface area contributed by atoms with Crippen LogP contribution in [-0.2, 0) is 19.9 Å². The van der Waals surface area contributed by atoms with Gasteiger partial charge in [0, 0.05) is 6.54 Å². The van der Waals surface area contributed by atoms with Crippen molar-refractivity contribution in [1.29, 1.82) is 0 Å². The third kappa shape index (κ3) is 3.73. The lowest BCUT2D eigenvalue weighted by atomic mass is 10.1. The van der Waals surface area contributed by atoms with Gasteiger partial charge < -0.3 is 0 Å². The minimum Gasteiger partial charge on any atom is -0.229 e. The average molecular weight is 255 g/mol. The summed E-state index contributed by atoms with van der Waals surface area (Å²) in [5.41, 5.74) is 0. The molecule has 0 aliphatic carbocycles. The van der Waals surface area contributed by atoms with Crippen LogP contribution in [0, 0.1) is 5.92 Å². The topological polar surface area (TPSA) is 80.3 Å². The summed E-state index contributed by atoms with van der Waals surface area (Å²) in [6, 6.07) is 0. The van der Waals surface area contributed by atoms with Gasteiger partial charge in [-0.3, -0.25) is 0 Å². The summed E-state index contributed by atoms with van der Waals surface area (Å²) in [4.78, 5) is 0. The zero-order valence-corrected chi connectivity index (χ0v) is 10.6. The molecule has 1 aliphatic heterocycles.